The Hall–Kier alpha value is -2.28. The Morgan fingerprint density at radius 1 is 1.42 bits per heavy atom. The molecule has 0 saturated heterocycles. The largest absolute Gasteiger partial charge is 0.466 e. The van der Waals surface area contributed by atoms with Crippen LogP contribution in [0.2, 0.25) is 0 Å². The van der Waals surface area contributed by atoms with Crippen LogP contribution in [0.1, 0.15) is 36.1 Å². The lowest BCUT2D eigenvalue weighted by molar-refractivity contribution is 0.0367. The van der Waals surface area contributed by atoms with Crippen LogP contribution in [0.25, 0.3) is 0 Å². The number of carbonyl (C=O) groups excluding carboxylic acids is 1. The maximum Gasteiger partial charge on any atom is 0.314 e. The molecule has 0 spiro atoms. The van der Waals surface area contributed by atoms with E-state index in [0.29, 0.717) is 12.3 Å². The highest BCUT2D eigenvalue weighted by molar-refractivity contribution is 5.73. The van der Waals surface area contributed by atoms with Crippen molar-refractivity contribution in [3.63, 3.8) is 0 Å². The number of hydrogen-bond donors (Lipinski definition) is 3. The molecule has 0 aliphatic carbocycles. The molecule has 0 aromatic carbocycles. The number of hydrogen-bond acceptors (Lipinski definition) is 4. The summed E-state index contributed by atoms with van der Waals surface area (Å²) in [7, 11) is 1.93. The second-order valence-corrected chi connectivity index (χ2v) is 6.24. The highest BCUT2D eigenvalue weighted by atomic mass is 16.4. The Bertz CT molecular complexity index is 674. The summed E-state index contributed by atoms with van der Waals surface area (Å²) in [5.74, 6) is 0.422. The SMILES string of the molecule is Cc1nn(C)c(C)c1CCCNC(=O)NCC(C)(O)c1ccco1. The number of amides is 2. The summed E-state index contributed by atoms with van der Waals surface area (Å²) in [5, 5.41) is 20.1. The summed E-state index contributed by atoms with van der Waals surface area (Å²) in [5.41, 5.74) is 2.20. The lowest BCUT2D eigenvalue weighted by Crippen LogP contribution is -2.43. The van der Waals surface area contributed by atoms with Crippen LogP contribution in [0.3, 0.4) is 0 Å². The van der Waals surface area contributed by atoms with E-state index in [1.54, 1.807) is 19.1 Å². The Morgan fingerprint density at radius 3 is 2.75 bits per heavy atom. The van der Waals surface area contributed by atoms with Crippen molar-refractivity contribution < 1.29 is 14.3 Å². The fourth-order valence-corrected chi connectivity index (χ4v) is 2.63. The Balaban J connectivity index is 1.70. The number of furan rings is 1. The normalized spacial score (nSPS) is 13.5. The van der Waals surface area contributed by atoms with Crippen molar-refractivity contribution in [3.8, 4) is 0 Å². The van der Waals surface area contributed by atoms with Gasteiger partial charge in [-0.25, -0.2) is 4.79 Å². The van der Waals surface area contributed by atoms with Gasteiger partial charge in [0.2, 0.25) is 0 Å². The number of aromatic nitrogens is 2. The highest BCUT2D eigenvalue weighted by Crippen LogP contribution is 2.19. The second kappa shape index (κ2) is 7.53. The van der Waals surface area contributed by atoms with E-state index in [1.807, 2.05) is 25.6 Å². The van der Waals surface area contributed by atoms with Gasteiger partial charge in [-0.3, -0.25) is 4.68 Å². The Morgan fingerprint density at radius 2 is 2.17 bits per heavy atom. The molecule has 132 valence electrons. The maximum atomic E-state index is 11.8. The van der Waals surface area contributed by atoms with E-state index < -0.39 is 5.60 Å². The first-order valence-electron chi connectivity index (χ1n) is 8.08. The van der Waals surface area contributed by atoms with E-state index in [1.165, 1.54) is 11.8 Å². The molecule has 2 heterocycles. The summed E-state index contributed by atoms with van der Waals surface area (Å²) in [6, 6.07) is 3.08. The number of carbonyl (C=O) groups is 1. The van der Waals surface area contributed by atoms with Gasteiger partial charge < -0.3 is 20.2 Å². The molecule has 0 bridgehead atoms. The van der Waals surface area contributed by atoms with Gasteiger partial charge in [0.05, 0.1) is 18.5 Å². The van der Waals surface area contributed by atoms with Gasteiger partial charge >= 0.3 is 6.03 Å². The predicted octanol–water partition coefficient (Wildman–Crippen LogP) is 1.77. The topological polar surface area (TPSA) is 92.3 Å². The van der Waals surface area contributed by atoms with Crippen molar-refractivity contribution in [1.82, 2.24) is 20.4 Å². The summed E-state index contributed by atoms with van der Waals surface area (Å²) < 4.78 is 7.05. The van der Waals surface area contributed by atoms with Crippen LogP contribution in [0.15, 0.2) is 22.8 Å². The number of aliphatic hydroxyl groups is 1. The van der Waals surface area contributed by atoms with Crippen LogP contribution in [-0.2, 0) is 19.1 Å². The van der Waals surface area contributed by atoms with Gasteiger partial charge in [0.25, 0.3) is 0 Å². The van der Waals surface area contributed by atoms with E-state index in [2.05, 4.69) is 15.7 Å². The van der Waals surface area contributed by atoms with Crippen LogP contribution in [0, 0.1) is 13.8 Å². The smallest absolute Gasteiger partial charge is 0.314 e. The first-order chi connectivity index (χ1) is 11.3. The second-order valence-electron chi connectivity index (χ2n) is 6.24. The van der Waals surface area contributed by atoms with Crippen molar-refractivity contribution in [2.24, 2.45) is 7.05 Å². The molecule has 0 aliphatic heterocycles. The van der Waals surface area contributed by atoms with Crippen molar-refractivity contribution in [3.05, 3.63) is 41.1 Å². The van der Waals surface area contributed by atoms with Crippen LogP contribution >= 0.6 is 0 Å². The zero-order chi connectivity index (χ0) is 17.7. The first kappa shape index (κ1) is 18.1. The fraction of sp³-hybridized carbons (Fsp3) is 0.529. The molecule has 2 aromatic rings. The standard InChI is InChI=1S/C17H26N4O3/c1-12-14(13(2)21(4)20-12)7-5-9-18-16(22)19-11-17(3,23)15-8-6-10-24-15/h6,8,10,23H,5,7,9,11H2,1-4H3,(H2,18,19,22). The average molecular weight is 334 g/mol. The molecule has 2 aromatic heterocycles. The van der Waals surface area contributed by atoms with Crippen molar-refractivity contribution in [2.75, 3.05) is 13.1 Å². The molecule has 2 rings (SSSR count). The first-order valence-corrected chi connectivity index (χ1v) is 8.08. The van der Waals surface area contributed by atoms with Gasteiger partial charge in [0, 0.05) is 19.3 Å². The molecular weight excluding hydrogens is 308 g/mol. The van der Waals surface area contributed by atoms with E-state index in [-0.39, 0.29) is 12.6 Å². The predicted molar refractivity (Wildman–Crippen MR) is 90.7 cm³/mol. The van der Waals surface area contributed by atoms with Crippen LogP contribution in [0.4, 0.5) is 4.79 Å². The number of nitrogens with zero attached hydrogens (tertiary/aromatic N) is 2. The number of nitrogens with one attached hydrogen (secondary N) is 2. The number of rotatable bonds is 7. The van der Waals surface area contributed by atoms with Crippen molar-refractivity contribution >= 4 is 6.03 Å². The van der Waals surface area contributed by atoms with Gasteiger partial charge in [-0.15, -0.1) is 0 Å². The third kappa shape index (κ3) is 4.38. The maximum absolute atomic E-state index is 11.8. The molecular formula is C17H26N4O3. The van der Waals surface area contributed by atoms with Crippen LogP contribution in [-0.4, -0.2) is 34.0 Å². The summed E-state index contributed by atoms with van der Waals surface area (Å²) >= 11 is 0. The average Bonchev–Trinajstić information content (AvgIpc) is 3.14. The molecule has 1 unspecified atom stereocenters. The molecule has 3 N–H and O–H groups in total. The Labute approximate surface area is 142 Å². The van der Waals surface area contributed by atoms with E-state index >= 15 is 0 Å². The van der Waals surface area contributed by atoms with Gasteiger partial charge in [-0.05, 0) is 51.3 Å². The summed E-state index contributed by atoms with van der Waals surface area (Å²) in [6.07, 6.45) is 3.19. The van der Waals surface area contributed by atoms with Crippen LogP contribution < -0.4 is 10.6 Å². The number of urea groups is 1. The van der Waals surface area contributed by atoms with Crippen LogP contribution in [0.5, 0.6) is 0 Å². The fourth-order valence-electron chi connectivity index (χ4n) is 2.63. The quantitative estimate of drug-likeness (QED) is 0.673. The van der Waals surface area contributed by atoms with Gasteiger partial charge in [0.15, 0.2) is 0 Å². The minimum absolute atomic E-state index is 0.0766. The van der Waals surface area contributed by atoms with Crippen molar-refractivity contribution in [1.29, 1.82) is 0 Å². The molecule has 0 radical (unpaired) electrons. The van der Waals surface area contributed by atoms with Gasteiger partial charge in [-0.1, -0.05) is 0 Å². The van der Waals surface area contributed by atoms with E-state index in [0.717, 1.165) is 24.2 Å². The van der Waals surface area contributed by atoms with Gasteiger partial charge in [0.1, 0.15) is 11.4 Å². The van der Waals surface area contributed by atoms with Crippen molar-refractivity contribution in [2.45, 2.75) is 39.2 Å². The molecule has 24 heavy (non-hydrogen) atoms. The molecule has 2 amide bonds. The third-order valence-corrected chi connectivity index (χ3v) is 4.19. The molecule has 0 fully saturated rings. The molecule has 0 saturated carbocycles. The zero-order valence-corrected chi connectivity index (χ0v) is 14.7. The zero-order valence-electron chi connectivity index (χ0n) is 14.7. The highest BCUT2D eigenvalue weighted by Gasteiger charge is 2.26. The lowest BCUT2D eigenvalue weighted by Gasteiger charge is -2.21. The summed E-state index contributed by atoms with van der Waals surface area (Å²) in [4.78, 5) is 11.8. The lowest BCUT2D eigenvalue weighted by atomic mass is 10.0. The third-order valence-electron chi connectivity index (χ3n) is 4.19. The molecule has 0 aliphatic rings. The molecule has 1 atom stereocenters. The van der Waals surface area contributed by atoms with E-state index in [9.17, 15) is 9.90 Å². The monoisotopic (exact) mass is 334 g/mol. The minimum atomic E-state index is -1.23. The molecule has 7 heteroatoms. The summed E-state index contributed by atoms with van der Waals surface area (Å²) in [6.45, 7) is 6.28. The number of aryl methyl sites for hydroxylation is 2. The van der Waals surface area contributed by atoms with Gasteiger partial charge in [-0.2, -0.15) is 5.10 Å². The van der Waals surface area contributed by atoms with E-state index in [4.69, 9.17) is 4.42 Å². The Kier molecular flexibility index (Phi) is 5.66. The minimum Gasteiger partial charge on any atom is -0.466 e. The molecule has 7 nitrogen and oxygen atoms in total.